The zero-order valence-corrected chi connectivity index (χ0v) is 8.27. The Labute approximate surface area is 84.0 Å². The molecule has 64 valence electrons. The number of halogens is 1. The molecule has 0 aliphatic rings. The predicted molar refractivity (Wildman–Crippen MR) is 53.0 cm³/mol. The number of nitrogens with zero attached hydrogens (tertiary/aromatic N) is 3. The first-order valence-corrected chi connectivity index (χ1v) is 4.55. The molecule has 0 amide bonds. The van der Waals surface area contributed by atoms with Crippen LogP contribution in [0.3, 0.4) is 0 Å². The summed E-state index contributed by atoms with van der Waals surface area (Å²) in [5.41, 5.74) is 1.85. The van der Waals surface area contributed by atoms with Crippen LogP contribution in [0.15, 0.2) is 41.3 Å². The summed E-state index contributed by atoms with van der Waals surface area (Å²) in [6.07, 6.45) is 5.10. The summed E-state index contributed by atoms with van der Waals surface area (Å²) in [7, 11) is 0. The highest BCUT2D eigenvalue weighted by Crippen LogP contribution is 2.23. The predicted octanol–water partition coefficient (Wildman–Crippen LogP) is 2.30. The molecule has 0 radical (unpaired) electrons. The molecule has 0 N–H and O–H groups in total. The van der Waals surface area contributed by atoms with Gasteiger partial charge in [-0.15, -0.1) is 0 Å². The molecule has 2 rings (SSSR count). The summed E-state index contributed by atoms with van der Waals surface area (Å²) in [6.45, 7) is 0. The summed E-state index contributed by atoms with van der Waals surface area (Å²) in [6, 6.07) is 5.75. The molecule has 0 aliphatic carbocycles. The molecule has 0 spiro atoms. The van der Waals surface area contributed by atoms with Crippen LogP contribution in [0, 0.1) is 0 Å². The van der Waals surface area contributed by atoms with Crippen molar-refractivity contribution in [1.82, 2.24) is 15.2 Å². The average Bonchev–Trinajstić information content (AvgIpc) is 2.20. The smallest absolute Gasteiger partial charge is 0.0730 e. The van der Waals surface area contributed by atoms with Crippen LogP contribution in [0.4, 0.5) is 0 Å². The molecule has 0 atom stereocenters. The van der Waals surface area contributed by atoms with Gasteiger partial charge in [-0.1, -0.05) is 6.07 Å². The Morgan fingerprint density at radius 1 is 1.08 bits per heavy atom. The van der Waals surface area contributed by atoms with Crippen molar-refractivity contribution in [2.24, 2.45) is 0 Å². The van der Waals surface area contributed by atoms with Crippen LogP contribution in [0.5, 0.6) is 0 Å². The molecule has 13 heavy (non-hydrogen) atoms. The summed E-state index contributed by atoms with van der Waals surface area (Å²) >= 11 is 3.39. The molecular formula is C9H6BrN3. The number of rotatable bonds is 1. The first kappa shape index (κ1) is 8.31. The van der Waals surface area contributed by atoms with E-state index < -0.39 is 0 Å². The van der Waals surface area contributed by atoms with E-state index in [9.17, 15) is 0 Å². The third-order valence-electron chi connectivity index (χ3n) is 1.62. The van der Waals surface area contributed by atoms with Crippen LogP contribution in [-0.2, 0) is 0 Å². The van der Waals surface area contributed by atoms with Gasteiger partial charge in [0.25, 0.3) is 0 Å². The zero-order chi connectivity index (χ0) is 9.10. The van der Waals surface area contributed by atoms with Gasteiger partial charge in [-0.25, -0.2) is 0 Å². The van der Waals surface area contributed by atoms with Gasteiger partial charge >= 0.3 is 0 Å². The maximum atomic E-state index is 4.21. The molecule has 0 fully saturated rings. The Hall–Kier alpha value is -1.29. The third kappa shape index (κ3) is 1.72. The zero-order valence-electron chi connectivity index (χ0n) is 6.68. The van der Waals surface area contributed by atoms with E-state index in [4.69, 9.17) is 0 Å². The fraction of sp³-hybridized carbons (Fsp3) is 0. The lowest BCUT2D eigenvalue weighted by Gasteiger charge is -2.00. The van der Waals surface area contributed by atoms with Crippen LogP contribution >= 0.6 is 15.9 Å². The second-order valence-electron chi connectivity index (χ2n) is 2.47. The van der Waals surface area contributed by atoms with Gasteiger partial charge in [-0.05, 0) is 28.1 Å². The summed E-state index contributed by atoms with van der Waals surface area (Å²) in [5.74, 6) is 0. The molecular weight excluding hydrogens is 230 g/mol. The monoisotopic (exact) mass is 235 g/mol. The molecule has 0 bridgehead atoms. The maximum absolute atomic E-state index is 4.21. The molecule has 0 saturated heterocycles. The molecule has 0 aromatic carbocycles. The molecule has 3 nitrogen and oxygen atoms in total. The van der Waals surface area contributed by atoms with E-state index in [1.54, 1.807) is 18.6 Å². The Balaban J connectivity index is 2.54. The fourth-order valence-corrected chi connectivity index (χ4v) is 1.41. The number of pyridine rings is 1. The van der Waals surface area contributed by atoms with Crippen LogP contribution in [0.25, 0.3) is 11.3 Å². The molecule has 2 aromatic heterocycles. The fourth-order valence-electron chi connectivity index (χ4n) is 1.02. The molecule has 2 aromatic rings. The Morgan fingerprint density at radius 2 is 1.92 bits per heavy atom. The van der Waals surface area contributed by atoms with Crippen molar-refractivity contribution in [1.29, 1.82) is 0 Å². The lowest BCUT2D eigenvalue weighted by Crippen LogP contribution is -1.86. The van der Waals surface area contributed by atoms with E-state index in [1.165, 1.54) is 0 Å². The Morgan fingerprint density at radius 3 is 2.62 bits per heavy atom. The highest BCUT2D eigenvalue weighted by molar-refractivity contribution is 9.10. The number of aromatic nitrogens is 3. The molecule has 0 unspecified atom stereocenters. The summed E-state index contributed by atoms with van der Waals surface area (Å²) in [4.78, 5) is 4.21. The van der Waals surface area contributed by atoms with Crippen molar-refractivity contribution in [3.63, 3.8) is 0 Å². The van der Waals surface area contributed by atoms with Gasteiger partial charge in [0, 0.05) is 16.2 Å². The van der Waals surface area contributed by atoms with Crippen LogP contribution < -0.4 is 0 Å². The second-order valence-corrected chi connectivity index (χ2v) is 3.32. The van der Waals surface area contributed by atoms with Crippen LogP contribution in [-0.4, -0.2) is 15.2 Å². The van der Waals surface area contributed by atoms with E-state index >= 15 is 0 Å². The standard InChI is InChI=1S/C9H6BrN3/c10-8-6-13-12-5-7(8)9-3-1-2-4-11-9/h1-6H. The van der Waals surface area contributed by atoms with E-state index in [0.717, 1.165) is 15.7 Å². The molecule has 0 aliphatic heterocycles. The van der Waals surface area contributed by atoms with Gasteiger partial charge in [0.1, 0.15) is 0 Å². The molecule has 4 heteroatoms. The van der Waals surface area contributed by atoms with E-state index in [2.05, 4.69) is 31.1 Å². The Bertz CT molecular complexity index is 403. The Kier molecular flexibility index (Phi) is 2.31. The van der Waals surface area contributed by atoms with Gasteiger partial charge in [-0.2, -0.15) is 10.2 Å². The SMILES string of the molecule is Brc1cnncc1-c1ccccn1. The summed E-state index contributed by atoms with van der Waals surface area (Å²) < 4.78 is 0.904. The highest BCUT2D eigenvalue weighted by atomic mass is 79.9. The third-order valence-corrected chi connectivity index (χ3v) is 2.25. The topological polar surface area (TPSA) is 38.7 Å². The van der Waals surface area contributed by atoms with Crippen molar-refractivity contribution in [2.75, 3.05) is 0 Å². The van der Waals surface area contributed by atoms with Crippen molar-refractivity contribution in [2.45, 2.75) is 0 Å². The average molecular weight is 236 g/mol. The lowest BCUT2D eigenvalue weighted by molar-refractivity contribution is 1.02. The van der Waals surface area contributed by atoms with Crippen LogP contribution in [0.1, 0.15) is 0 Å². The van der Waals surface area contributed by atoms with Crippen molar-refractivity contribution in [3.05, 3.63) is 41.3 Å². The van der Waals surface area contributed by atoms with E-state index in [1.807, 2.05) is 18.2 Å². The minimum atomic E-state index is 0.893. The van der Waals surface area contributed by atoms with Gasteiger partial charge < -0.3 is 0 Å². The first-order valence-electron chi connectivity index (χ1n) is 3.75. The normalized spacial score (nSPS) is 9.92. The first-order chi connectivity index (χ1) is 6.38. The molecule has 2 heterocycles. The molecule has 0 saturated carbocycles. The largest absolute Gasteiger partial charge is 0.256 e. The van der Waals surface area contributed by atoms with Gasteiger partial charge in [0.2, 0.25) is 0 Å². The highest BCUT2D eigenvalue weighted by Gasteiger charge is 2.02. The summed E-state index contributed by atoms with van der Waals surface area (Å²) in [5, 5.41) is 7.55. The second kappa shape index (κ2) is 3.62. The van der Waals surface area contributed by atoms with Crippen molar-refractivity contribution >= 4 is 15.9 Å². The number of hydrogen-bond donors (Lipinski definition) is 0. The van der Waals surface area contributed by atoms with E-state index in [-0.39, 0.29) is 0 Å². The van der Waals surface area contributed by atoms with Crippen molar-refractivity contribution < 1.29 is 0 Å². The lowest BCUT2D eigenvalue weighted by atomic mass is 10.2. The van der Waals surface area contributed by atoms with E-state index in [0.29, 0.717) is 0 Å². The minimum absolute atomic E-state index is 0.893. The quantitative estimate of drug-likeness (QED) is 0.762. The van der Waals surface area contributed by atoms with Crippen LogP contribution in [0.2, 0.25) is 0 Å². The van der Waals surface area contributed by atoms with Gasteiger partial charge in [0.05, 0.1) is 18.1 Å². The van der Waals surface area contributed by atoms with Gasteiger partial charge in [0.15, 0.2) is 0 Å². The number of hydrogen-bond acceptors (Lipinski definition) is 3. The maximum Gasteiger partial charge on any atom is 0.0730 e. The minimum Gasteiger partial charge on any atom is -0.256 e. The van der Waals surface area contributed by atoms with Gasteiger partial charge in [-0.3, -0.25) is 4.98 Å². The van der Waals surface area contributed by atoms with Crippen molar-refractivity contribution in [3.8, 4) is 11.3 Å².